The molecule has 0 aromatic heterocycles. The summed E-state index contributed by atoms with van der Waals surface area (Å²) in [6.45, 7) is 2.28. The largest absolute Gasteiger partial charge is 0.497 e. The van der Waals surface area contributed by atoms with Gasteiger partial charge in [0.05, 0.1) is 19.3 Å². The Kier molecular flexibility index (Phi) is 5.56. The van der Waals surface area contributed by atoms with E-state index in [9.17, 15) is 9.59 Å². The first-order valence-electron chi connectivity index (χ1n) is 8.52. The van der Waals surface area contributed by atoms with Gasteiger partial charge in [-0.2, -0.15) is 0 Å². The number of benzene rings is 3. The molecule has 0 saturated heterocycles. The molecule has 0 aliphatic rings. The fraction of sp³-hybridized carbons (Fsp3) is 0.143. The van der Waals surface area contributed by atoms with Gasteiger partial charge in [0, 0.05) is 5.56 Å². The lowest BCUT2D eigenvalue weighted by Gasteiger charge is -2.13. The zero-order valence-electron chi connectivity index (χ0n) is 15.1. The second-order valence-corrected chi connectivity index (χ2v) is 5.77. The fourth-order valence-electron chi connectivity index (χ4n) is 2.67. The van der Waals surface area contributed by atoms with Crippen LogP contribution < -0.4 is 20.3 Å². The van der Waals surface area contributed by atoms with Gasteiger partial charge in [-0.05, 0) is 54.1 Å². The number of hydrogen-bond acceptors (Lipinski definition) is 4. The molecule has 0 radical (unpaired) electrons. The average molecular weight is 364 g/mol. The Morgan fingerprint density at radius 3 is 2.15 bits per heavy atom. The molecule has 3 rings (SSSR count). The number of nitrogens with one attached hydrogen (secondary N) is 2. The molecule has 0 saturated carbocycles. The second-order valence-electron chi connectivity index (χ2n) is 5.77. The highest BCUT2D eigenvalue weighted by atomic mass is 16.5. The highest BCUT2D eigenvalue weighted by molar-refractivity contribution is 6.03. The number of rotatable bonds is 5. The molecule has 0 aliphatic heterocycles. The van der Waals surface area contributed by atoms with E-state index >= 15 is 0 Å². The monoisotopic (exact) mass is 364 g/mol. The molecule has 0 bridgehead atoms. The lowest BCUT2D eigenvalue weighted by Crippen LogP contribution is -2.41. The van der Waals surface area contributed by atoms with Crippen LogP contribution in [0.25, 0.3) is 10.8 Å². The van der Waals surface area contributed by atoms with Crippen LogP contribution in [0, 0.1) is 0 Å². The topological polar surface area (TPSA) is 76.7 Å². The molecule has 3 aromatic carbocycles. The summed E-state index contributed by atoms with van der Waals surface area (Å²) >= 11 is 0. The number of hydrazine groups is 1. The predicted octanol–water partition coefficient (Wildman–Crippen LogP) is 3.32. The van der Waals surface area contributed by atoms with Crippen LogP contribution in [0.15, 0.2) is 60.7 Å². The molecule has 0 heterocycles. The smallest absolute Gasteiger partial charge is 0.273 e. The number of ether oxygens (including phenoxy) is 2. The molecule has 2 amide bonds. The van der Waals surface area contributed by atoms with Crippen LogP contribution in [-0.2, 0) is 0 Å². The van der Waals surface area contributed by atoms with E-state index in [4.69, 9.17) is 9.47 Å². The van der Waals surface area contributed by atoms with Gasteiger partial charge < -0.3 is 9.47 Å². The summed E-state index contributed by atoms with van der Waals surface area (Å²) in [6, 6.07) is 17.8. The van der Waals surface area contributed by atoms with E-state index < -0.39 is 11.8 Å². The van der Waals surface area contributed by atoms with Gasteiger partial charge in [-0.1, -0.05) is 24.3 Å². The van der Waals surface area contributed by atoms with Gasteiger partial charge in [0.1, 0.15) is 11.5 Å². The maximum Gasteiger partial charge on any atom is 0.273 e. The molecule has 2 N–H and O–H groups in total. The second kappa shape index (κ2) is 8.23. The third-order valence-corrected chi connectivity index (χ3v) is 4.03. The summed E-state index contributed by atoms with van der Waals surface area (Å²) in [5.41, 5.74) is 5.61. The summed E-state index contributed by atoms with van der Waals surface area (Å²) in [5, 5.41) is 1.88. The minimum atomic E-state index is -0.453. The van der Waals surface area contributed by atoms with E-state index in [0.29, 0.717) is 29.2 Å². The molecule has 138 valence electrons. The molecule has 6 heteroatoms. The number of amides is 2. The predicted molar refractivity (Wildman–Crippen MR) is 103 cm³/mol. The van der Waals surface area contributed by atoms with Crippen molar-refractivity contribution in [1.29, 1.82) is 0 Å². The molecular weight excluding hydrogens is 344 g/mol. The Labute approximate surface area is 157 Å². The van der Waals surface area contributed by atoms with E-state index in [2.05, 4.69) is 10.9 Å². The zero-order valence-corrected chi connectivity index (χ0v) is 15.1. The zero-order chi connectivity index (χ0) is 19.2. The van der Waals surface area contributed by atoms with Crippen LogP contribution in [0.5, 0.6) is 11.5 Å². The first-order valence-corrected chi connectivity index (χ1v) is 8.52. The van der Waals surface area contributed by atoms with Gasteiger partial charge in [-0.3, -0.25) is 20.4 Å². The Morgan fingerprint density at radius 1 is 0.889 bits per heavy atom. The van der Waals surface area contributed by atoms with E-state index in [0.717, 1.165) is 10.8 Å². The third kappa shape index (κ3) is 4.17. The molecule has 3 aromatic rings. The average Bonchev–Trinajstić information content (AvgIpc) is 2.71. The number of hydrogen-bond donors (Lipinski definition) is 2. The molecule has 0 unspecified atom stereocenters. The number of methoxy groups -OCH3 is 1. The van der Waals surface area contributed by atoms with Crippen molar-refractivity contribution in [2.45, 2.75) is 6.92 Å². The maximum atomic E-state index is 12.6. The Balaban J connectivity index is 1.76. The molecule has 6 nitrogen and oxygen atoms in total. The highest BCUT2D eigenvalue weighted by Crippen LogP contribution is 2.26. The minimum Gasteiger partial charge on any atom is -0.497 e. The van der Waals surface area contributed by atoms with Gasteiger partial charge in [-0.25, -0.2) is 0 Å². The van der Waals surface area contributed by atoms with E-state index in [-0.39, 0.29) is 0 Å². The van der Waals surface area contributed by atoms with Crippen LogP contribution in [0.4, 0.5) is 0 Å². The quantitative estimate of drug-likeness (QED) is 0.681. The summed E-state index contributed by atoms with van der Waals surface area (Å²) in [6.07, 6.45) is 0. The van der Waals surface area contributed by atoms with Crippen molar-refractivity contribution in [1.82, 2.24) is 10.9 Å². The van der Waals surface area contributed by atoms with Crippen molar-refractivity contribution in [2.75, 3.05) is 13.7 Å². The normalized spacial score (nSPS) is 10.3. The molecule has 27 heavy (non-hydrogen) atoms. The van der Waals surface area contributed by atoms with Gasteiger partial charge in [0.25, 0.3) is 11.8 Å². The van der Waals surface area contributed by atoms with Crippen molar-refractivity contribution in [2.24, 2.45) is 0 Å². The van der Waals surface area contributed by atoms with Crippen LogP contribution >= 0.6 is 0 Å². The third-order valence-electron chi connectivity index (χ3n) is 4.03. The van der Waals surface area contributed by atoms with Crippen LogP contribution in [0.1, 0.15) is 27.6 Å². The lowest BCUT2D eigenvalue weighted by molar-refractivity contribution is 0.0844. The number of carbonyl (C=O) groups excluding carboxylic acids is 2. The van der Waals surface area contributed by atoms with Crippen LogP contribution in [0.3, 0.4) is 0 Å². The first-order chi connectivity index (χ1) is 13.1. The van der Waals surface area contributed by atoms with E-state index in [1.165, 1.54) is 0 Å². The summed E-state index contributed by atoms with van der Waals surface area (Å²) < 4.78 is 10.7. The van der Waals surface area contributed by atoms with Gasteiger partial charge >= 0.3 is 0 Å². The molecule has 0 aliphatic carbocycles. The van der Waals surface area contributed by atoms with Crippen molar-refractivity contribution < 1.29 is 19.1 Å². The Morgan fingerprint density at radius 2 is 1.52 bits per heavy atom. The maximum absolute atomic E-state index is 12.6. The first kappa shape index (κ1) is 18.3. The Bertz CT molecular complexity index is 968. The summed E-state index contributed by atoms with van der Waals surface area (Å²) in [7, 11) is 1.55. The van der Waals surface area contributed by atoms with Gasteiger partial charge in [0.2, 0.25) is 0 Å². The van der Waals surface area contributed by atoms with E-state index in [1.807, 2.05) is 37.3 Å². The van der Waals surface area contributed by atoms with Crippen LogP contribution in [-0.4, -0.2) is 25.5 Å². The van der Waals surface area contributed by atoms with Crippen molar-refractivity contribution >= 4 is 22.6 Å². The molecule has 0 spiro atoms. The standard InChI is InChI=1S/C21H20N2O4/c1-3-27-19-13-16-7-5-4-6-15(16)12-18(19)21(25)23-22-20(24)14-8-10-17(26-2)11-9-14/h4-13H,3H2,1-2H3,(H,22,24)(H,23,25). The molecular formula is C21H20N2O4. The van der Waals surface area contributed by atoms with Crippen molar-refractivity contribution in [3.05, 3.63) is 71.8 Å². The van der Waals surface area contributed by atoms with Gasteiger partial charge in [-0.15, -0.1) is 0 Å². The van der Waals surface area contributed by atoms with Crippen molar-refractivity contribution in [3.63, 3.8) is 0 Å². The Hall–Kier alpha value is -3.54. The summed E-state index contributed by atoms with van der Waals surface area (Å²) in [5.74, 6) is 0.233. The number of fused-ring (bicyclic) bond motifs is 1. The number of carbonyl (C=O) groups is 2. The van der Waals surface area contributed by atoms with Gasteiger partial charge in [0.15, 0.2) is 0 Å². The summed E-state index contributed by atoms with van der Waals surface area (Å²) in [4.78, 5) is 24.8. The van der Waals surface area contributed by atoms with E-state index in [1.54, 1.807) is 37.4 Å². The van der Waals surface area contributed by atoms with Crippen LogP contribution in [0.2, 0.25) is 0 Å². The highest BCUT2D eigenvalue weighted by Gasteiger charge is 2.15. The van der Waals surface area contributed by atoms with Crippen molar-refractivity contribution in [3.8, 4) is 11.5 Å². The molecule has 0 fully saturated rings. The SMILES string of the molecule is CCOc1cc2ccccc2cc1C(=O)NNC(=O)c1ccc(OC)cc1. The lowest BCUT2D eigenvalue weighted by atomic mass is 10.1. The minimum absolute atomic E-state index is 0.352. The fourth-order valence-corrected chi connectivity index (χ4v) is 2.67. The molecule has 0 atom stereocenters.